The van der Waals surface area contributed by atoms with Gasteiger partial charge >= 0.3 is 5.97 Å². The Hall–Kier alpha value is -3.66. The van der Waals surface area contributed by atoms with Crippen molar-refractivity contribution in [2.24, 2.45) is 0 Å². The summed E-state index contributed by atoms with van der Waals surface area (Å²) < 4.78 is 1.22. The summed E-state index contributed by atoms with van der Waals surface area (Å²) in [5.74, 6) is -0.791. The van der Waals surface area contributed by atoms with Gasteiger partial charge in [0.25, 0.3) is 5.56 Å². The number of benzene rings is 1. The zero-order valence-electron chi connectivity index (χ0n) is 11.7. The molecule has 7 heteroatoms. The van der Waals surface area contributed by atoms with Crippen LogP contribution in [-0.4, -0.2) is 25.8 Å². The van der Waals surface area contributed by atoms with Crippen molar-refractivity contribution in [3.8, 4) is 23.0 Å². The fourth-order valence-corrected chi connectivity index (χ4v) is 2.12. The van der Waals surface area contributed by atoms with Crippen LogP contribution < -0.4 is 5.56 Å². The molecule has 3 aromatic rings. The predicted octanol–water partition coefficient (Wildman–Crippen LogP) is 1.80. The van der Waals surface area contributed by atoms with Crippen molar-refractivity contribution in [2.75, 3.05) is 0 Å². The van der Waals surface area contributed by atoms with Crippen LogP contribution in [0.1, 0.15) is 15.9 Å². The van der Waals surface area contributed by atoms with Gasteiger partial charge in [-0.2, -0.15) is 5.26 Å². The molecule has 23 heavy (non-hydrogen) atoms. The van der Waals surface area contributed by atoms with Gasteiger partial charge in [-0.3, -0.25) is 9.89 Å². The van der Waals surface area contributed by atoms with Crippen molar-refractivity contribution in [3.63, 3.8) is 0 Å². The smallest absolute Gasteiger partial charge is 0.337 e. The van der Waals surface area contributed by atoms with E-state index in [1.807, 2.05) is 6.07 Å². The van der Waals surface area contributed by atoms with E-state index >= 15 is 0 Å². The number of carboxylic acid groups (broad SMARTS) is 1. The lowest BCUT2D eigenvalue weighted by atomic mass is 10.1. The number of carbonyl (C=O) groups is 1. The Morgan fingerprint density at radius 2 is 1.96 bits per heavy atom. The molecule has 0 bridgehead atoms. The molecule has 0 aliphatic heterocycles. The van der Waals surface area contributed by atoms with Crippen LogP contribution in [0.2, 0.25) is 0 Å². The number of nitrogens with one attached hydrogen (secondary N) is 1. The zero-order chi connectivity index (χ0) is 16.4. The topological polar surface area (TPSA) is 112 Å². The summed E-state index contributed by atoms with van der Waals surface area (Å²) in [6.45, 7) is 0. The molecule has 3 rings (SSSR count). The summed E-state index contributed by atoms with van der Waals surface area (Å²) in [6.07, 6.45) is 2.73. The lowest BCUT2D eigenvalue weighted by Gasteiger charge is -2.00. The lowest BCUT2D eigenvalue weighted by Crippen LogP contribution is -2.17. The molecule has 1 aromatic carbocycles. The Bertz CT molecular complexity index is 960. The molecule has 0 saturated heterocycles. The van der Waals surface area contributed by atoms with Gasteiger partial charge in [-0.05, 0) is 29.8 Å². The minimum absolute atomic E-state index is 0.0423. The van der Waals surface area contributed by atoms with Crippen molar-refractivity contribution in [2.45, 2.75) is 0 Å². The molecule has 0 amide bonds. The zero-order valence-corrected chi connectivity index (χ0v) is 11.7. The summed E-state index contributed by atoms with van der Waals surface area (Å²) in [4.78, 5) is 27.2. The summed E-state index contributed by atoms with van der Waals surface area (Å²) in [6, 6.07) is 11.5. The average molecular weight is 306 g/mol. The standard InChI is InChI=1S/C16H10N4O3/c17-7-10-1-3-11(4-2-10)13-9-19-20(15(13)21)14-6-5-12(8-18-14)16(22)23/h1-6,8-9,19H,(H,22,23). The van der Waals surface area contributed by atoms with Crippen LogP contribution >= 0.6 is 0 Å². The predicted molar refractivity (Wildman–Crippen MR) is 81.3 cm³/mol. The maximum atomic E-state index is 12.5. The van der Waals surface area contributed by atoms with Gasteiger partial charge in [0.05, 0.1) is 22.8 Å². The molecule has 112 valence electrons. The number of carboxylic acids is 1. The molecular formula is C16H10N4O3. The monoisotopic (exact) mass is 306 g/mol. The van der Waals surface area contributed by atoms with Gasteiger partial charge in [-0.1, -0.05) is 12.1 Å². The number of pyridine rings is 1. The molecule has 0 radical (unpaired) electrons. The number of aromatic nitrogens is 3. The van der Waals surface area contributed by atoms with E-state index < -0.39 is 5.97 Å². The maximum Gasteiger partial charge on any atom is 0.337 e. The van der Waals surface area contributed by atoms with Crippen molar-refractivity contribution in [1.82, 2.24) is 14.8 Å². The van der Waals surface area contributed by atoms with Crippen LogP contribution in [0.4, 0.5) is 0 Å². The van der Waals surface area contributed by atoms with Crippen LogP contribution in [0.15, 0.2) is 53.6 Å². The third kappa shape index (κ3) is 2.61. The highest BCUT2D eigenvalue weighted by Crippen LogP contribution is 2.16. The van der Waals surface area contributed by atoms with E-state index in [4.69, 9.17) is 10.4 Å². The Kier molecular flexibility index (Phi) is 3.49. The van der Waals surface area contributed by atoms with Crippen molar-refractivity contribution in [3.05, 3.63) is 70.3 Å². The molecular weight excluding hydrogens is 296 g/mol. The van der Waals surface area contributed by atoms with Crippen LogP contribution in [0.5, 0.6) is 0 Å². The molecule has 0 atom stereocenters. The number of rotatable bonds is 3. The number of hydrogen-bond acceptors (Lipinski definition) is 4. The fraction of sp³-hybridized carbons (Fsp3) is 0. The minimum Gasteiger partial charge on any atom is -0.478 e. The first-order valence-corrected chi connectivity index (χ1v) is 6.61. The molecule has 0 aliphatic rings. The number of H-pyrrole nitrogens is 1. The minimum atomic E-state index is -1.08. The van der Waals surface area contributed by atoms with Gasteiger partial charge < -0.3 is 5.11 Å². The van der Waals surface area contributed by atoms with E-state index in [1.54, 1.807) is 24.3 Å². The average Bonchev–Trinajstić information content (AvgIpc) is 2.96. The molecule has 2 aromatic heterocycles. The second-order valence-electron chi connectivity index (χ2n) is 4.73. The molecule has 0 aliphatic carbocycles. The first kappa shape index (κ1) is 14.3. The SMILES string of the molecule is N#Cc1ccc(-c2c[nH]n(-c3ccc(C(=O)O)cn3)c2=O)cc1. The highest BCUT2D eigenvalue weighted by atomic mass is 16.4. The summed E-state index contributed by atoms with van der Waals surface area (Å²) >= 11 is 0. The van der Waals surface area contributed by atoms with E-state index in [2.05, 4.69) is 10.1 Å². The Morgan fingerprint density at radius 3 is 2.52 bits per heavy atom. The van der Waals surface area contributed by atoms with Crippen LogP contribution in [0, 0.1) is 11.3 Å². The second-order valence-corrected chi connectivity index (χ2v) is 4.73. The highest BCUT2D eigenvalue weighted by molar-refractivity contribution is 5.87. The Morgan fingerprint density at radius 1 is 1.22 bits per heavy atom. The van der Waals surface area contributed by atoms with Crippen LogP contribution in [0.25, 0.3) is 16.9 Å². The van der Waals surface area contributed by atoms with E-state index in [1.165, 1.54) is 29.2 Å². The maximum absolute atomic E-state index is 12.5. The molecule has 0 fully saturated rings. The fourth-order valence-electron chi connectivity index (χ4n) is 2.12. The lowest BCUT2D eigenvalue weighted by molar-refractivity contribution is 0.0696. The van der Waals surface area contributed by atoms with Gasteiger partial charge in [0.1, 0.15) is 0 Å². The van der Waals surface area contributed by atoms with Crippen molar-refractivity contribution in [1.29, 1.82) is 5.26 Å². The van der Waals surface area contributed by atoms with Crippen molar-refractivity contribution < 1.29 is 9.90 Å². The quantitative estimate of drug-likeness (QED) is 0.766. The molecule has 2 heterocycles. The molecule has 7 nitrogen and oxygen atoms in total. The number of aromatic amines is 1. The molecule has 0 spiro atoms. The van der Waals surface area contributed by atoms with E-state index in [-0.39, 0.29) is 11.1 Å². The first-order valence-electron chi connectivity index (χ1n) is 6.61. The van der Waals surface area contributed by atoms with Crippen LogP contribution in [-0.2, 0) is 0 Å². The number of aromatic carboxylic acids is 1. The molecule has 2 N–H and O–H groups in total. The Balaban J connectivity index is 2.00. The highest BCUT2D eigenvalue weighted by Gasteiger charge is 2.11. The first-order chi connectivity index (χ1) is 11.1. The van der Waals surface area contributed by atoms with Gasteiger partial charge in [0.2, 0.25) is 0 Å². The second kappa shape index (κ2) is 5.61. The summed E-state index contributed by atoms with van der Waals surface area (Å²) in [7, 11) is 0. The molecule has 0 unspecified atom stereocenters. The number of nitrogens with zero attached hydrogens (tertiary/aromatic N) is 3. The summed E-state index contributed by atoms with van der Waals surface area (Å²) in [5, 5.41) is 20.4. The third-order valence-electron chi connectivity index (χ3n) is 3.32. The number of nitriles is 1. The van der Waals surface area contributed by atoms with Gasteiger partial charge in [0.15, 0.2) is 5.82 Å². The van der Waals surface area contributed by atoms with Gasteiger partial charge in [0, 0.05) is 12.4 Å². The van der Waals surface area contributed by atoms with Crippen molar-refractivity contribution >= 4 is 5.97 Å². The van der Waals surface area contributed by atoms with Gasteiger partial charge in [-0.25, -0.2) is 14.5 Å². The van der Waals surface area contributed by atoms with E-state index in [0.717, 1.165) is 0 Å². The van der Waals surface area contributed by atoms with Crippen LogP contribution in [0.3, 0.4) is 0 Å². The third-order valence-corrected chi connectivity index (χ3v) is 3.32. The Labute approximate surface area is 130 Å². The number of hydrogen-bond donors (Lipinski definition) is 2. The normalized spacial score (nSPS) is 10.2. The van der Waals surface area contributed by atoms with E-state index in [0.29, 0.717) is 22.5 Å². The van der Waals surface area contributed by atoms with Gasteiger partial charge in [-0.15, -0.1) is 0 Å². The summed E-state index contributed by atoms with van der Waals surface area (Å²) in [5.41, 5.74) is 1.34. The largest absolute Gasteiger partial charge is 0.478 e. The van der Waals surface area contributed by atoms with E-state index in [9.17, 15) is 9.59 Å². The molecule has 0 saturated carbocycles.